The van der Waals surface area contributed by atoms with E-state index in [9.17, 15) is 15.2 Å². The van der Waals surface area contributed by atoms with Crippen molar-refractivity contribution in [3.63, 3.8) is 0 Å². The fraction of sp³-hybridized carbons (Fsp3) is 0.571. The molecule has 1 heterocycles. The maximum Gasteiger partial charge on any atom is 0.269 e. The van der Waals surface area contributed by atoms with Crippen LogP contribution in [0.1, 0.15) is 44.3 Å². The lowest BCUT2D eigenvalue weighted by molar-refractivity contribution is -0.385. The summed E-state index contributed by atoms with van der Waals surface area (Å²) in [4.78, 5) is 10.3. The predicted molar refractivity (Wildman–Crippen MR) is 72.9 cm³/mol. The van der Waals surface area contributed by atoms with Gasteiger partial charge in [-0.05, 0) is 31.7 Å². The Morgan fingerprint density at radius 2 is 2.32 bits per heavy atom. The minimum atomic E-state index is -0.650. The van der Waals surface area contributed by atoms with E-state index in [4.69, 9.17) is 0 Å². The number of nitro benzene ring substituents is 1. The lowest BCUT2D eigenvalue weighted by Crippen LogP contribution is -2.41. The summed E-state index contributed by atoms with van der Waals surface area (Å²) in [6.45, 7) is 2.14. The number of hydrogen-bond acceptors (Lipinski definition) is 4. The lowest BCUT2D eigenvalue weighted by Gasteiger charge is -2.30. The second-order valence-electron chi connectivity index (χ2n) is 5.30. The number of hydrogen-bond donors (Lipinski definition) is 2. The van der Waals surface area contributed by atoms with Gasteiger partial charge in [0.1, 0.15) is 0 Å². The number of nitrogens with one attached hydrogen (secondary N) is 1. The molecule has 1 fully saturated rings. The molecule has 5 heteroatoms. The predicted octanol–water partition coefficient (Wildman–Crippen LogP) is 2.55. The summed E-state index contributed by atoms with van der Waals surface area (Å²) < 4.78 is 0. The highest BCUT2D eigenvalue weighted by Crippen LogP contribution is 2.25. The Labute approximate surface area is 112 Å². The molecule has 5 nitrogen and oxygen atoms in total. The van der Waals surface area contributed by atoms with Gasteiger partial charge in [-0.25, -0.2) is 0 Å². The molecule has 1 aliphatic rings. The second kappa shape index (κ2) is 6.12. The Morgan fingerprint density at radius 1 is 1.53 bits per heavy atom. The number of nitrogens with zero attached hydrogens (tertiary/aromatic N) is 1. The monoisotopic (exact) mass is 264 g/mol. The van der Waals surface area contributed by atoms with E-state index in [1.54, 1.807) is 12.1 Å². The third-order valence-electron chi connectivity index (χ3n) is 3.68. The van der Waals surface area contributed by atoms with Gasteiger partial charge in [-0.15, -0.1) is 0 Å². The van der Waals surface area contributed by atoms with Crippen molar-refractivity contribution in [2.45, 2.75) is 50.8 Å². The SMILES string of the molecule is CC1CCCC(CC(O)c2cccc([N+](=O)[O-])c2)N1. The largest absolute Gasteiger partial charge is 0.388 e. The topological polar surface area (TPSA) is 75.4 Å². The highest BCUT2D eigenvalue weighted by atomic mass is 16.6. The summed E-state index contributed by atoms with van der Waals surface area (Å²) in [5.74, 6) is 0. The molecule has 2 N–H and O–H groups in total. The van der Waals surface area contributed by atoms with Crippen LogP contribution in [0.25, 0.3) is 0 Å². The van der Waals surface area contributed by atoms with Crippen LogP contribution in [0.5, 0.6) is 0 Å². The minimum absolute atomic E-state index is 0.0292. The third kappa shape index (κ3) is 3.75. The van der Waals surface area contributed by atoms with Crippen molar-refractivity contribution in [2.75, 3.05) is 0 Å². The van der Waals surface area contributed by atoms with Crippen LogP contribution in [0.2, 0.25) is 0 Å². The van der Waals surface area contributed by atoms with Crippen LogP contribution in [0.15, 0.2) is 24.3 Å². The average Bonchev–Trinajstić information content (AvgIpc) is 2.39. The fourth-order valence-corrected chi connectivity index (χ4v) is 2.68. The molecule has 0 amide bonds. The van der Waals surface area contributed by atoms with Gasteiger partial charge >= 0.3 is 0 Å². The van der Waals surface area contributed by atoms with E-state index in [1.807, 2.05) is 0 Å². The first-order valence-corrected chi connectivity index (χ1v) is 6.74. The van der Waals surface area contributed by atoms with Crippen molar-refractivity contribution < 1.29 is 10.0 Å². The third-order valence-corrected chi connectivity index (χ3v) is 3.68. The zero-order chi connectivity index (χ0) is 13.8. The van der Waals surface area contributed by atoms with E-state index in [2.05, 4.69) is 12.2 Å². The molecule has 19 heavy (non-hydrogen) atoms. The molecule has 1 aromatic rings. The Kier molecular flexibility index (Phi) is 4.50. The van der Waals surface area contributed by atoms with Gasteiger partial charge in [0.05, 0.1) is 11.0 Å². The van der Waals surface area contributed by atoms with Crippen molar-refractivity contribution in [1.82, 2.24) is 5.32 Å². The van der Waals surface area contributed by atoms with Crippen molar-refractivity contribution in [3.8, 4) is 0 Å². The van der Waals surface area contributed by atoms with Crippen LogP contribution in [-0.4, -0.2) is 22.1 Å². The molecule has 0 bridgehead atoms. The van der Waals surface area contributed by atoms with Crippen LogP contribution >= 0.6 is 0 Å². The molecule has 104 valence electrons. The Balaban J connectivity index is 2.01. The molecular formula is C14H20N2O3. The molecule has 0 saturated carbocycles. The van der Waals surface area contributed by atoms with Crippen LogP contribution in [0.4, 0.5) is 5.69 Å². The highest BCUT2D eigenvalue weighted by molar-refractivity contribution is 5.35. The normalized spacial score (nSPS) is 24.9. The van der Waals surface area contributed by atoms with E-state index in [1.165, 1.54) is 25.0 Å². The molecule has 3 atom stereocenters. The maximum absolute atomic E-state index is 10.7. The Hall–Kier alpha value is -1.46. The van der Waals surface area contributed by atoms with E-state index >= 15 is 0 Å². The van der Waals surface area contributed by atoms with Crippen molar-refractivity contribution in [3.05, 3.63) is 39.9 Å². The summed E-state index contributed by atoms with van der Waals surface area (Å²) >= 11 is 0. The van der Waals surface area contributed by atoms with Crippen LogP contribution in [0, 0.1) is 10.1 Å². The smallest absolute Gasteiger partial charge is 0.269 e. The number of piperidine rings is 1. The van der Waals surface area contributed by atoms with Gasteiger partial charge in [0.2, 0.25) is 0 Å². The first kappa shape index (κ1) is 14.0. The molecular weight excluding hydrogens is 244 g/mol. The van der Waals surface area contributed by atoms with Gasteiger partial charge in [-0.1, -0.05) is 18.6 Å². The Bertz CT molecular complexity index is 450. The molecule has 3 unspecified atom stereocenters. The molecule has 1 aromatic carbocycles. The van der Waals surface area contributed by atoms with Crippen LogP contribution in [0.3, 0.4) is 0 Å². The molecule has 1 aliphatic heterocycles. The van der Waals surface area contributed by atoms with Crippen molar-refractivity contribution >= 4 is 5.69 Å². The van der Waals surface area contributed by atoms with Crippen LogP contribution < -0.4 is 5.32 Å². The van der Waals surface area contributed by atoms with Crippen LogP contribution in [-0.2, 0) is 0 Å². The first-order chi connectivity index (χ1) is 9.06. The average molecular weight is 264 g/mol. The van der Waals surface area contributed by atoms with E-state index in [0.29, 0.717) is 18.0 Å². The zero-order valence-corrected chi connectivity index (χ0v) is 11.1. The summed E-state index contributed by atoms with van der Waals surface area (Å²) in [6, 6.07) is 7.03. The second-order valence-corrected chi connectivity index (χ2v) is 5.30. The molecule has 2 rings (SSSR count). The molecule has 0 aliphatic carbocycles. The number of aliphatic hydroxyl groups excluding tert-OH is 1. The molecule has 1 saturated heterocycles. The summed E-state index contributed by atoms with van der Waals surface area (Å²) in [7, 11) is 0. The number of benzene rings is 1. The van der Waals surface area contributed by atoms with E-state index in [0.717, 1.165) is 6.42 Å². The zero-order valence-electron chi connectivity index (χ0n) is 11.1. The number of nitro groups is 1. The quantitative estimate of drug-likeness (QED) is 0.647. The minimum Gasteiger partial charge on any atom is -0.388 e. The standard InChI is InChI=1S/C14H20N2O3/c1-10-4-2-6-12(15-10)9-14(17)11-5-3-7-13(8-11)16(18)19/h3,5,7-8,10,12,14-15,17H,2,4,6,9H2,1H3. The first-order valence-electron chi connectivity index (χ1n) is 6.74. The van der Waals surface area contributed by atoms with Gasteiger partial charge in [0.25, 0.3) is 5.69 Å². The fourth-order valence-electron chi connectivity index (χ4n) is 2.68. The van der Waals surface area contributed by atoms with Gasteiger partial charge < -0.3 is 10.4 Å². The van der Waals surface area contributed by atoms with E-state index < -0.39 is 11.0 Å². The summed E-state index contributed by atoms with van der Waals surface area (Å²) in [5, 5.41) is 24.4. The van der Waals surface area contributed by atoms with Crippen molar-refractivity contribution in [2.24, 2.45) is 0 Å². The van der Waals surface area contributed by atoms with Gasteiger partial charge in [-0.2, -0.15) is 0 Å². The maximum atomic E-state index is 10.7. The van der Waals surface area contributed by atoms with Crippen molar-refractivity contribution in [1.29, 1.82) is 0 Å². The lowest BCUT2D eigenvalue weighted by atomic mass is 9.93. The number of non-ortho nitro benzene ring substituents is 1. The molecule has 0 radical (unpaired) electrons. The molecule has 0 aromatic heterocycles. The highest BCUT2D eigenvalue weighted by Gasteiger charge is 2.22. The van der Waals surface area contributed by atoms with Gasteiger partial charge in [-0.3, -0.25) is 10.1 Å². The number of aliphatic hydroxyl groups is 1. The molecule has 0 spiro atoms. The number of rotatable bonds is 4. The van der Waals surface area contributed by atoms with Gasteiger partial charge in [0, 0.05) is 24.2 Å². The van der Waals surface area contributed by atoms with Gasteiger partial charge in [0.15, 0.2) is 0 Å². The summed E-state index contributed by atoms with van der Waals surface area (Å²) in [6.07, 6.45) is 3.34. The summed E-state index contributed by atoms with van der Waals surface area (Å²) in [5.41, 5.74) is 0.649. The Morgan fingerprint density at radius 3 is 3.00 bits per heavy atom. The van der Waals surface area contributed by atoms with E-state index in [-0.39, 0.29) is 11.7 Å².